The Morgan fingerprint density at radius 2 is 0.770 bits per heavy atom. The van der Waals surface area contributed by atoms with Gasteiger partial charge in [-0.1, -0.05) is 38.5 Å². The van der Waals surface area contributed by atoms with Crippen molar-refractivity contribution in [1.29, 1.82) is 0 Å². The van der Waals surface area contributed by atoms with Gasteiger partial charge in [0.05, 0.1) is 49.4 Å². The normalized spacial score (nSPS) is 13.6. The van der Waals surface area contributed by atoms with Crippen LogP contribution in [0.1, 0.15) is 92.8 Å². The highest BCUT2D eigenvalue weighted by atomic mass is 16.6. The van der Waals surface area contributed by atoms with Crippen LogP contribution >= 0.6 is 0 Å². The molecule has 74 heavy (non-hydrogen) atoms. The Morgan fingerprint density at radius 1 is 0.419 bits per heavy atom. The molecule has 5 rings (SSSR count). The van der Waals surface area contributed by atoms with Crippen LogP contribution in [0.15, 0.2) is 136 Å². The van der Waals surface area contributed by atoms with Crippen LogP contribution < -0.4 is 28.4 Å². The lowest BCUT2D eigenvalue weighted by Crippen LogP contribution is -2.30. The van der Waals surface area contributed by atoms with Crippen molar-refractivity contribution in [2.24, 2.45) is 11.8 Å². The van der Waals surface area contributed by atoms with Gasteiger partial charge in [0.2, 0.25) is 0 Å². The van der Waals surface area contributed by atoms with E-state index in [1.165, 1.54) is 72.8 Å². The highest BCUT2D eigenvalue weighted by molar-refractivity contribution is 5.98. The summed E-state index contributed by atoms with van der Waals surface area (Å²) in [6, 6.07) is 20.1. The summed E-state index contributed by atoms with van der Waals surface area (Å²) in [4.78, 5) is 102. The van der Waals surface area contributed by atoms with Crippen LogP contribution in [-0.2, 0) is 38.1 Å². The Labute approximate surface area is 427 Å². The Hall–Kier alpha value is -8.80. The number of carbonyl (C=O) groups is 8. The Balaban J connectivity index is 1.13. The predicted octanol–water partition coefficient (Wildman–Crippen LogP) is 8.90. The standard InChI is InChI=1S/C56H56O18/c1-5-29-69-55(63)45-35-43(25-27-47(45)73-53(61)39-17-21-41(22-18-39)65-31-9-11-33-67-49(57)7-3)71-51(59)37-13-15-38(16-14-37)52(60)72-44-26-28-48(46(36-44)56(64)70-30-6-2)74-54(62)40-19-23-42(24-20-40)66-32-10-12-34-68-50(58)8-4/h5-8,17-28,35-38H,1-4,9-16,29-34H2. The first kappa shape index (κ1) is 56.1. The second kappa shape index (κ2) is 29.5. The molecule has 0 N–H and O–H groups in total. The first-order chi connectivity index (χ1) is 35.8. The summed E-state index contributed by atoms with van der Waals surface area (Å²) >= 11 is 0. The molecule has 4 aromatic carbocycles. The molecule has 1 fully saturated rings. The molecule has 1 aliphatic rings. The fourth-order valence-corrected chi connectivity index (χ4v) is 6.97. The molecular weight excluding hydrogens is 961 g/mol. The molecule has 18 heteroatoms. The molecule has 0 aromatic heterocycles. The van der Waals surface area contributed by atoms with Gasteiger partial charge in [-0.3, -0.25) is 9.59 Å². The van der Waals surface area contributed by atoms with Crippen molar-refractivity contribution >= 4 is 47.8 Å². The Kier molecular flexibility index (Phi) is 22.4. The third kappa shape index (κ3) is 17.8. The SMILES string of the molecule is C=CCOC(=O)c1cc(OC(=O)C2CCC(C(=O)Oc3ccc(OC(=O)c4ccc(OCCCCOC(=O)C=C)cc4)c(C(=O)OCC=C)c3)CC2)ccc1OC(=O)c1ccc(OCCCCOC(=O)C=C)cc1. The minimum absolute atomic E-state index is 0.0170. The first-order valence-corrected chi connectivity index (χ1v) is 23.6. The quantitative estimate of drug-likeness (QED) is 0.0129. The summed E-state index contributed by atoms with van der Waals surface area (Å²) in [5, 5.41) is 0. The lowest BCUT2D eigenvalue weighted by atomic mass is 9.82. The van der Waals surface area contributed by atoms with Crippen molar-refractivity contribution in [2.75, 3.05) is 39.6 Å². The van der Waals surface area contributed by atoms with Crippen molar-refractivity contribution in [3.05, 3.63) is 158 Å². The fraction of sp³-hybridized carbons (Fsp3) is 0.286. The molecule has 0 aliphatic heterocycles. The number of rotatable bonds is 28. The summed E-state index contributed by atoms with van der Waals surface area (Å²) < 4.78 is 54.2. The fourth-order valence-electron chi connectivity index (χ4n) is 6.97. The van der Waals surface area contributed by atoms with Gasteiger partial charge in [0.15, 0.2) is 0 Å². The van der Waals surface area contributed by atoms with Gasteiger partial charge in [-0.2, -0.15) is 0 Å². The summed E-state index contributed by atoms with van der Waals surface area (Å²) in [5.41, 5.74) is -0.0673. The molecule has 18 nitrogen and oxygen atoms in total. The first-order valence-electron chi connectivity index (χ1n) is 23.6. The van der Waals surface area contributed by atoms with E-state index in [2.05, 4.69) is 26.3 Å². The second-order valence-electron chi connectivity index (χ2n) is 16.2. The summed E-state index contributed by atoms with van der Waals surface area (Å²) in [7, 11) is 0. The van der Waals surface area contributed by atoms with Gasteiger partial charge >= 0.3 is 47.8 Å². The molecule has 0 bridgehead atoms. The van der Waals surface area contributed by atoms with E-state index in [0.29, 0.717) is 50.4 Å². The molecule has 0 unspecified atom stereocenters. The number of benzene rings is 4. The number of hydrogen-bond acceptors (Lipinski definition) is 18. The summed E-state index contributed by atoms with van der Waals surface area (Å²) in [6.07, 6.45) is 8.34. The maximum atomic E-state index is 13.4. The third-order valence-electron chi connectivity index (χ3n) is 10.9. The van der Waals surface area contributed by atoms with Gasteiger partial charge in [-0.25, -0.2) is 28.8 Å². The van der Waals surface area contributed by atoms with Crippen LogP contribution in [0.25, 0.3) is 0 Å². The van der Waals surface area contributed by atoms with E-state index in [-0.39, 0.29) is 97.4 Å². The van der Waals surface area contributed by atoms with Gasteiger partial charge in [0, 0.05) is 12.2 Å². The number of unbranched alkanes of at least 4 members (excludes halogenated alkanes) is 2. The predicted molar refractivity (Wildman–Crippen MR) is 265 cm³/mol. The van der Waals surface area contributed by atoms with E-state index < -0.39 is 59.6 Å². The molecule has 0 saturated heterocycles. The van der Waals surface area contributed by atoms with Gasteiger partial charge < -0.3 is 47.4 Å². The number of esters is 8. The van der Waals surface area contributed by atoms with Crippen LogP contribution in [-0.4, -0.2) is 87.4 Å². The average Bonchev–Trinajstić information content (AvgIpc) is 3.42. The third-order valence-corrected chi connectivity index (χ3v) is 10.9. The van der Waals surface area contributed by atoms with Gasteiger partial charge in [-0.15, -0.1) is 0 Å². The van der Waals surface area contributed by atoms with E-state index in [0.717, 1.165) is 12.2 Å². The Bertz CT molecular complexity index is 2480. The number of hydrogen-bond donors (Lipinski definition) is 0. The van der Waals surface area contributed by atoms with Crippen LogP contribution in [0.4, 0.5) is 0 Å². The van der Waals surface area contributed by atoms with Gasteiger partial charge in [0.25, 0.3) is 0 Å². The maximum absolute atomic E-state index is 13.4. The average molecular weight is 1020 g/mol. The van der Waals surface area contributed by atoms with Crippen molar-refractivity contribution < 1.29 is 85.7 Å². The van der Waals surface area contributed by atoms with Crippen LogP contribution in [0.3, 0.4) is 0 Å². The monoisotopic (exact) mass is 1020 g/mol. The largest absolute Gasteiger partial charge is 0.494 e. The summed E-state index contributed by atoms with van der Waals surface area (Å²) in [5.74, 6) is -6.10. The number of ether oxygens (including phenoxy) is 10. The molecule has 0 atom stereocenters. The minimum atomic E-state index is -0.867. The lowest BCUT2D eigenvalue weighted by Gasteiger charge is -2.26. The topological polar surface area (TPSA) is 229 Å². The zero-order valence-electron chi connectivity index (χ0n) is 40.6. The number of carbonyl (C=O) groups excluding carboxylic acids is 8. The minimum Gasteiger partial charge on any atom is -0.494 e. The van der Waals surface area contributed by atoms with E-state index in [9.17, 15) is 38.4 Å². The highest BCUT2D eigenvalue weighted by Crippen LogP contribution is 2.34. The van der Waals surface area contributed by atoms with Gasteiger partial charge in [-0.05, 0) is 136 Å². The maximum Gasteiger partial charge on any atom is 0.343 e. The van der Waals surface area contributed by atoms with Gasteiger partial charge in [0.1, 0.15) is 58.8 Å². The summed E-state index contributed by atoms with van der Waals surface area (Å²) in [6.45, 7) is 14.6. The molecular formula is C56H56O18. The van der Waals surface area contributed by atoms with E-state index in [4.69, 9.17) is 47.4 Å². The molecule has 4 aromatic rings. The molecule has 0 spiro atoms. The van der Waals surface area contributed by atoms with E-state index >= 15 is 0 Å². The molecule has 0 heterocycles. The molecule has 1 aliphatic carbocycles. The molecule has 1 saturated carbocycles. The highest BCUT2D eigenvalue weighted by Gasteiger charge is 2.33. The Morgan fingerprint density at radius 3 is 1.12 bits per heavy atom. The van der Waals surface area contributed by atoms with E-state index in [1.807, 2.05) is 0 Å². The molecule has 0 radical (unpaired) electrons. The van der Waals surface area contributed by atoms with Crippen LogP contribution in [0.5, 0.6) is 34.5 Å². The zero-order chi connectivity index (χ0) is 53.2. The van der Waals surface area contributed by atoms with Crippen LogP contribution in [0.2, 0.25) is 0 Å². The molecule has 0 amide bonds. The van der Waals surface area contributed by atoms with Crippen LogP contribution in [0, 0.1) is 11.8 Å². The molecule has 388 valence electrons. The van der Waals surface area contributed by atoms with Crippen molar-refractivity contribution in [3.63, 3.8) is 0 Å². The smallest absolute Gasteiger partial charge is 0.343 e. The van der Waals surface area contributed by atoms with Crippen molar-refractivity contribution in [3.8, 4) is 34.5 Å². The van der Waals surface area contributed by atoms with Crippen molar-refractivity contribution in [2.45, 2.75) is 51.4 Å². The second-order valence-corrected chi connectivity index (χ2v) is 16.2. The van der Waals surface area contributed by atoms with Crippen molar-refractivity contribution in [1.82, 2.24) is 0 Å². The zero-order valence-corrected chi connectivity index (χ0v) is 40.6. The lowest BCUT2D eigenvalue weighted by molar-refractivity contribution is -0.145. The van der Waals surface area contributed by atoms with E-state index in [1.54, 1.807) is 24.3 Å².